The van der Waals surface area contributed by atoms with Crippen molar-refractivity contribution >= 4 is 5.69 Å². The summed E-state index contributed by atoms with van der Waals surface area (Å²) < 4.78 is 5.82. The second-order valence-corrected chi connectivity index (χ2v) is 7.16. The second-order valence-electron chi connectivity index (χ2n) is 7.16. The van der Waals surface area contributed by atoms with E-state index in [4.69, 9.17) is 4.74 Å². The van der Waals surface area contributed by atoms with Gasteiger partial charge in [0.2, 0.25) is 0 Å². The maximum atomic E-state index is 5.82. The minimum atomic E-state index is 0.0339. The van der Waals surface area contributed by atoms with Crippen LogP contribution in [0.15, 0.2) is 60.8 Å². The Morgan fingerprint density at radius 3 is 2.40 bits per heavy atom. The van der Waals surface area contributed by atoms with E-state index in [1.54, 1.807) is 0 Å². The van der Waals surface area contributed by atoms with Crippen LogP contribution in [0.4, 0.5) is 5.69 Å². The van der Waals surface area contributed by atoms with E-state index < -0.39 is 0 Å². The molecular weight excluding hydrogens is 310 g/mol. The highest BCUT2D eigenvalue weighted by Crippen LogP contribution is 2.24. The van der Waals surface area contributed by atoms with Crippen molar-refractivity contribution in [2.24, 2.45) is 0 Å². The Morgan fingerprint density at radius 1 is 1.00 bits per heavy atom. The van der Waals surface area contributed by atoms with Crippen LogP contribution in [0.2, 0.25) is 0 Å². The summed E-state index contributed by atoms with van der Waals surface area (Å²) in [6.45, 7) is 7.84. The van der Waals surface area contributed by atoms with E-state index in [9.17, 15) is 0 Å². The van der Waals surface area contributed by atoms with Crippen molar-refractivity contribution in [2.45, 2.75) is 39.3 Å². The SMILES string of the molecule is CC(C)(C)c1n[nH]cc1CNc1ccc(OCc2ccccc2)cc1. The second kappa shape index (κ2) is 7.43. The number of aromatic amines is 1. The predicted molar refractivity (Wildman–Crippen MR) is 102 cm³/mol. The zero-order valence-electron chi connectivity index (χ0n) is 15.0. The molecule has 0 aliphatic carbocycles. The number of rotatable bonds is 6. The highest BCUT2D eigenvalue weighted by atomic mass is 16.5. The maximum Gasteiger partial charge on any atom is 0.119 e. The summed E-state index contributed by atoms with van der Waals surface area (Å²) in [5.74, 6) is 0.869. The van der Waals surface area contributed by atoms with Gasteiger partial charge in [-0.2, -0.15) is 5.10 Å². The molecule has 4 nitrogen and oxygen atoms in total. The Kier molecular flexibility index (Phi) is 5.08. The fourth-order valence-corrected chi connectivity index (χ4v) is 2.71. The first-order chi connectivity index (χ1) is 12.0. The lowest BCUT2D eigenvalue weighted by Gasteiger charge is -2.18. The van der Waals surface area contributed by atoms with E-state index in [0.29, 0.717) is 6.61 Å². The van der Waals surface area contributed by atoms with Gasteiger partial charge in [-0.15, -0.1) is 0 Å². The van der Waals surface area contributed by atoms with Crippen molar-refractivity contribution < 1.29 is 4.74 Å². The van der Waals surface area contributed by atoms with Crippen molar-refractivity contribution in [3.8, 4) is 5.75 Å². The van der Waals surface area contributed by atoms with Gasteiger partial charge in [0, 0.05) is 29.4 Å². The number of hydrogen-bond acceptors (Lipinski definition) is 3. The molecule has 0 spiro atoms. The van der Waals surface area contributed by atoms with Crippen LogP contribution in [0.3, 0.4) is 0 Å². The summed E-state index contributed by atoms with van der Waals surface area (Å²) in [4.78, 5) is 0. The normalized spacial score (nSPS) is 11.3. The molecule has 0 aliphatic heterocycles. The molecule has 0 amide bonds. The number of ether oxygens (including phenoxy) is 1. The van der Waals surface area contributed by atoms with Crippen LogP contribution >= 0.6 is 0 Å². The smallest absolute Gasteiger partial charge is 0.119 e. The Labute approximate surface area is 149 Å². The molecule has 130 valence electrons. The molecule has 0 radical (unpaired) electrons. The number of benzene rings is 2. The van der Waals surface area contributed by atoms with E-state index in [1.807, 2.05) is 48.7 Å². The van der Waals surface area contributed by atoms with Gasteiger partial charge in [0.15, 0.2) is 0 Å². The Balaban J connectivity index is 1.55. The lowest BCUT2D eigenvalue weighted by Crippen LogP contribution is -2.15. The van der Waals surface area contributed by atoms with E-state index in [-0.39, 0.29) is 5.41 Å². The number of H-pyrrole nitrogens is 1. The molecule has 2 N–H and O–H groups in total. The van der Waals surface area contributed by atoms with Crippen molar-refractivity contribution in [3.63, 3.8) is 0 Å². The minimum Gasteiger partial charge on any atom is -0.489 e. The van der Waals surface area contributed by atoms with Crippen molar-refractivity contribution in [3.05, 3.63) is 77.6 Å². The Hall–Kier alpha value is -2.75. The monoisotopic (exact) mass is 335 g/mol. The summed E-state index contributed by atoms with van der Waals surface area (Å²) >= 11 is 0. The van der Waals surface area contributed by atoms with Crippen LogP contribution in [0.25, 0.3) is 0 Å². The first-order valence-corrected chi connectivity index (χ1v) is 8.56. The van der Waals surface area contributed by atoms with Crippen LogP contribution in [0.1, 0.15) is 37.6 Å². The highest BCUT2D eigenvalue weighted by molar-refractivity contribution is 5.47. The molecule has 0 fully saturated rings. The van der Waals surface area contributed by atoms with Crippen LogP contribution in [0, 0.1) is 0 Å². The minimum absolute atomic E-state index is 0.0339. The molecule has 1 heterocycles. The standard InChI is InChI=1S/C21H25N3O/c1-21(2,3)20-17(14-23-24-20)13-22-18-9-11-19(12-10-18)25-15-16-7-5-4-6-8-16/h4-12,14,22H,13,15H2,1-3H3,(H,23,24). The average Bonchev–Trinajstić information content (AvgIpc) is 3.09. The number of nitrogens with one attached hydrogen (secondary N) is 2. The van der Waals surface area contributed by atoms with E-state index in [1.165, 1.54) is 11.1 Å². The van der Waals surface area contributed by atoms with Gasteiger partial charge in [-0.25, -0.2) is 0 Å². The molecule has 3 aromatic rings. The van der Waals surface area contributed by atoms with Gasteiger partial charge in [-0.3, -0.25) is 5.10 Å². The van der Waals surface area contributed by atoms with Gasteiger partial charge >= 0.3 is 0 Å². The summed E-state index contributed by atoms with van der Waals surface area (Å²) in [5.41, 5.74) is 4.55. The van der Waals surface area contributed by atoms with Crippen LogP contribution < -0.4 is 10.1 Å². The molecule has 25 heavy (non-hydrogen) atoms. The largest absolute Gasteiger partial charge is 0.489 e. The van der Waals surface area contributed by atoms with E-state index in [0.717, 1.165) is 23.7 Å². The predicted octanol–water partition coefficient (Wildman–Crippen LogP) is 4.90. The molecule has 0 atom stereocenters. The molecular formula is C21H25N3O. The zero-order chi connectivity index (χ0) is 17.7. The van der Waals surface area contributed by atoms with Gasteiger partial charge in [-0.05, 0) is 29.8 Å². The van der Waals surface area contributed by atoms with Crippen molar-refractivity contribution in [1.82, 2.24) is 10.2 Å². The maximum absolute atomic E-state index is 5.82. The fraction of sp³-hybridized carbons (Fsp3) is 0.286. The molecule has 1 aromatic heterocycles. The number of aromatic nitrogens is 2. The van der Waals surface area contributed by atoms with Gasteiger partial charge in [-0.1, -0.05) is 51.1 Å². The van der Waals surface area contributed by atoms with Crippen molar-refractivity contribution in [1.29, 1.82) is 0 Å². The van der Waals surface area contributed by atoms with Gasteiger partial charge in [0.05, 0.1) is 5.69 Å². The summed E-state index contributed by atoms with van der Waals surface area (Å²) in [6.07, 6.45) is 1.96. The van der Waals surface area contributed by atoms with Crippen LogP contribution in [-0.2, 0) is 18.6 Å². The topological polar surface area (TPSA) is 49.9 Å². The van der Waals surface area contributed by atoms with Crippen molar-refractivity contribution in [2.75, 3.05) is 5.32 Å². The van der Waals surface area contributed by atoms with Gasteiger partial charge < -0.3 is 10.1 Å². The van der Waals surface area contributed by atoms with E-state index in [2.05, 4.69) is 48.4 Å². The molecule has 0 saturated heterocycles. The first kappa shape index (κ1) is 17.1. The lowest BCUT2D eigenvalue weighted by atomic mass is 9.89. The quantitative estimate of drug-likeness (QED) is 0.674. The molecule has 2 aromatic carbocycles. The number of nitrogens with zero attached hydrogens (tertiary/aromatic N) is 1. The number of hydrogen-bond donors (Lipinski definition) is 2. The van der Waals surface area contributed by atoms with E-state index >= 15 is 0 Å². The van der Waals surface area contributed by atoms with Gasteiger partial charge in [0.1, 0.15) is 12.4 Å². The first-order valence-electron chi connectivity index (χ1n) is 8.56. The molecule has 0 aliphatic rings. The molecule has 3 rings (SSSR count). The molecule has 0 unspecified atom stereocenters. The average molecular weight is 335 g/mol. The summed E-state index contributed by atoms with van der Waals surface area (Å²) in [7, 11) is 0. The summed E-state index contributed by atoms with van der Waals surface area (Å²) in [6, 6.07) is 18.2. The third-order valence-electron chi connectivity index (χ3n) is 4.02. The molecule has 4 heteroatoms. The number of anilines is 1. The fourth-order valence-electron chi connectivity index (χ4n) is 2.71. The van der Waals surface area contributed by atoms with Crippen LogP contribution in [0.5, 0.6) is 5.75 Å². The third kappa shape index (κ3) is 4.63. The highest BCUT2D eigenvalue weighted by Gasteiger charge is 2.20. The Bertz CT molecular complexity index is 786. The lowest BCUT2D eigenvalue weighted by molar-refractivity contribution is 0.306. The molecule has 0 saturated carbocycles. The van der Waals surface area contributed by atoms with Crippen LogP contribution in [-0.4, -0.2) is 10.2 Å². The Morgan fingerprint density at radius 2 is 1.72 bits per heavy atom. The van der Waals surface area contributed by atoms with Gasteiger partial charge in [0.25, 0.3) is 0 Å². The molecule has 0 bridgehead atoms. The summed E-state index contributed by atoms with van der Waals surface area (Å²) in [5, 5.41) is 10.8. The third-order valence-corrected chi connectivity index (χ3v) is 4.02. The zero-order valence-corrected chi connectivity index (χ0v) is 15.0.